The number of benzene rings is 4. The lowest BCUT2D eigenvalue weighted by molar-refractivity contribution is 0.0690. The Morgan fingerprint density at radius 1 is 0.806 bits per heavy atom. The fourth-order valence-electron chi connectivity index (χ4n) is 4.14. The minimum Gasteiger partial charge on any atom is -0.507 e. The topological polar surface area (TPSA) is 63.6 Å². The molecule has 0 saturated heterocycles. The number of fused-ring (bicyclic) bond motifs is 1. The molecular formula is C32H28O4. The highest BCUT2D eigenvalue weighted by molar-refractivity contribution is 6.12. The molecule has 4 nitrogen and oxygen atoms in total. The molecule has 1 N–H and O–H groups in total. The Kier molecular flexibility index (Phi) is 7.76. The highest BCUT2D eigenvalue weighted by Gasteiger charge is 2.34. The van der Waals surface area contributed by atoms with Crippen molar-refractivity contribution in [3.63, 3.8) is 0 Å². The quantitative estimate of drug-likeness (QED) is 0.248. The van der Waals surface area contributed by atoms with Crippen LogP contribution >= 0.6 is 0 Å². The molecule has 4 aromatic rings. The van der Waals surface area contributed by atoms with E-state index < -0.39 is 0 Å². The van der Waals surface area contributed by atoms with E-state index in [0.717, 1.165) is 11.1 Å². The average Bonchev–Trinajstić information content (AvgIpc) is 2.92. The van der Waals surface area contributed by atoms with E-state index in [2.05, 4.69) is 0 Å². The van der Waals surface area contributed by atoms with Gasteiger partial charge in [-0.1, -0.05) is 91.9 Å². The number of Topliss-reactive ketones (excluding diaryl/α,β-unsaturated/α-hetero) is 2. The van der Waals surface area contributed by atoms with E-state index in [1.54, 1.807) is 25.1 Å². The highest BCUT2D eigenvalue weighted by Crippen LogP contribution is 2.38. The second kappa shape index (κ2) is 11.3. The van der Waals surface area contributed by atoms with Crippen LogP contribution in [0.25, 0.3) is 6.08 Å². The Balaban J connectivity index is 0.000000169. The second-order valence-electron chi connectivity index (χ2n) is 8.68. The van der Waals surface area contributed by atoms with Crippen LogP contribution in [0.4, 0.5) is 0 Å². The number of carbonyl (C=O) groups is 2. The molecule has 1 aliphatic rings. The van der Waals surface area contributed by atoms with Gasteiger partial charge in [-0.25, -0.2) is 0 Å². The predicted molar refractivity (Wildman–Crippen MR) is 142 cm³/mol. The molecule has 0 aromatic heterocycles. The zero-order valence-electron chi connectivity index (χ0n) is 20.3. The van der Waals surface area contributed by atoms with Crippen molar-refractivity contribution >= 4 is 17.6 Å². The zero-order chi connectivity index (χ0) is 25.5. The third-order valence-corrected chi connectivity index (χ3v) is 6.09. The van der Waals surface area contributed by atoms with Crippen LogP contribution in [0.15, 0.2) is 115 Å². The molecule has 4 heteroatoms. The zero-order valence-corrected chi connectivity index (χ0v) is 20.3. The van der Waals surface area contributed by atoms with Gasteiger partial charge in [0, 0.05) is 0 Å². The van der Waals surface area contributed by atoms with Crippen LogP contribution < -0.4 is 4.74 Å². The minimum atomic E-state index is -0.186. The molecule has 4 aromatic carbocycles. The van der Waals surface area contributed by atoms with Gasteiger partial charge in [-0.2, -0.15) is 0 Å². The molecule has 0 spiro atoms. The fourth-order valence-corrected chi connectivity index (χ4v) is 4.14. The summed E-state index contributed by atoms with van der Waals surface area (Å²) in [5.41, 5.74) is 3.65. The first-order valence-corrected chi connectivity index (χ1v) is 11.9. The van der Waals surface area contributed by atoms with Crippen LogP contribution in [-0.4, -0.2) is 16.7 Å². The van der Waals surface area contributed by atoms with Crippen molar-refractivity contribution in [1.82, 2.24) is 0 Å². The predicted octanol–water partition coefficient (Wildman–Crippen LogP) is 7.32. The standard InChI is InChI=1S/2C16H14O2/c1-11-15(17)13-9-5-6-10-14(13)18-16(11)12-7-3-2-4-8-12;1-12(11-13-7-3-2-4-8-13)16(18)14-9-5-6-10-15(14)17/h2-11,16H,1H3;2-11,17H,1H3/b;12-11-/t11-,16-;/m1./s1. The van der Waals surface area contributed by atoms with Crippen LogP contribution in [0, 0.1) is 5.92 Å². The maximum atomic E-state index is 12.3. The van der Waals surface area contributed by atoms with Gasteiger partial charge in [0.15, 0.2) is 11.6 Å². The Morgan fingerprint density at radius 2 is 1.39 bits per heavy atom. The number of hydrogen-bond donors (Lipinski definition) is 1. The first kappa shape index (κ1) is 24.7. The molecule has 0 amide bonds. The van der Waals surface area contributed by atoms with Gasteiger partial charge in [0.1, 0.15) is 17.6 Å². The van der Waals surface area contributed by atoms with Crippen molar-refractivity contribution in [3.05, 3.63) is 137 Å². The number of aromatic hydroxyl groups is 1. The second-order valence-corrected chi connectivity index (χ2v) is 8.68. The van der Waals surface area contributed by atoms with E-state index >= 15 is 0 Å². The molecule has 5 rings (SSSR count). The summed E-state index contributed by atoms with van der Waals surface area (Å²) in [6, 6.07) is 33.6. The van der Waals surface area contributed by atoms with Crippen LogP contribution in [-0.2, 0) is 0 Å². The molecule has 0 radical (unpaired) electrons. The Labute approximate surface area is 211 Å². The van der Waals surface area contributed by atoms with Gasteiger partial charge in [-0.3, -0.25) is 9.59 Å². The molecule has 0 aliphatic carbocycles. The number of ketones is 2. The van der Waals surface area contributed by atoms with Crippen LogP contribution in [0.2, 0.25) is 0 Å². The molecule has 180 valence electrons. The maximum absolute atomic E-state index is 12.3. The first-order chi connectivity index (χ1) is 17.5. The van der Waals surface area contributed by atoms with Crippen LogP contribution in [0.5, 0.6) is 11.5 Å². The SMILES string of the molecule is C/C(=C/c1ccccc1)C(=O)c1ccccc1O.C[C@@H]1C(=O)c2ccccc2O[C@H]1c1ccccc1. The summed E-state index contributed by atoms with van der Waals surface area (Å²) in [6.45, 7) is 3.68. The molecule has 0 saturated carbocycles. The Hall–Kier alpha value is -4.44. The van der Waals surface area contributed by atoms with E-state index in [4.69, 9.17) is 4.74 Å². The molecule has 0 unspecified atom stereocenters. The average molecular weight is 477 g/mol. The van der Waals surface area contributed by atoms with E-state index in [9.17, 15) is 14.7 Å². The van der Waals surface area contributed by atoms with Crippen molar-refractivity contribution in [3.8, 4) is 11.5 Å². The van der Waals surface area contributed by atoms with E-state index in [1.807, 2.05) is 97.9 Å². The lowest BCUT2D eigenvalue weighted by atomic mass is 9.87. The largest absolute Gasteiger partial charge is 0.507 e. The number of para-hydroxylation sites is 2. The van der Waals surface area contributed by atoms with E-state index in [1.165, 1.54) is 6.07 Å². The molecule has 1 aliphatic heterocycles. The van der Waals surface area contributed by atoms with Gasteiger partial charge < -0.3 is 9.84 Å². The summed E-state index contributed by atoms with van der Waals surface area (Å²) in [5, 5.41) is 9.65. The number of rotatable bonds is 4. The molecule has 0 fully saturated rings. The lowest BCUT2D eigenvalue weighted by Crippen LogP contribution is -2.29. The minimum absolute atomic E-state index is 0.0170. The van der Waals surface area contributed by atoms with Gasteiger partial charge >= 0.3 is 0 Å². The third-order valence-electron chi connectivity index (χ3n) is 6.09. The fraction of sp³-hybridized carbons (Fsp3) is 0.125. The van der Waals surface area contributed by atoms with Gasteiger partial charge in [-0.15, -0.1) is 0 Å². The Bertz CT molecular complexity index is 1370. The van der Waals surface area contributed by atoms with E-state index in [-0.39, 0.29) is 29.3 Å². The summed E-state index contributed by atoms with van der Waals surface area (Å²) in [4.78, 5) is 24.5. The smallest absolute Gasteiger partial charge is 0.192 e. The molecule has 0 bridgehead atoms. The lowest BCUT2D eigenvalue weighted by Gasteiger charge is -2.30. The monoisotopic (exact) mass is 476 g/mol. The van der Waals surface area contributed by atoms with Gasteiger partial charge in [0.2, 0.25) is 0 Å². The number of allylic oxidation sites excluding steroid dienone is 1. The summed E-state index contributed by atoms with van der Waals surface area (Å²) >= 11 is 0. The molecule has 1 heterocycles. The first-order valence-electron chi connectivity index (χ1n) is 11.9. The van der Waals surface area contributed by atoms with E-state index in [0.29, 0.717) is 22.4 Å². The summed E-state index contributed by atoms with van der Waals surface area (Å²) in [6.07, 6.45) is 1.63. The molecule has 2 atom stereocenters. The van der Waals surface area contributed by atoms with Crippen molar-refractivity contribution in [2.75, 3.05) is 0 Å². The third kappa shape index (κ3) is 5.61. The van der Waals surface area contributed by atoms with Crippen molar-refractivity contribution in [1.29, 1.82) is 0 Å². The maximum Gasteiger partial charge on any atom is 0.192 e. The summed E-state index contributed by atoms with van der Waals surface area (Å²) in [5.74, 6) is 0.558. The normalized spacial score (nSPS) is 16.7. The Morgan fingerprint density at radius 3 is 2.08 bits per heavy atom. The number of hydrogen-bond acceptors (Lipinski definition) is 4. The van der Waals surface area contributed by atoms with Gasteiger partial charge in [0.25, 0.3) is 0 Å². The summed E-state index contributed by atoms with van der Waals surface area (Å²) in [7, 11) is 0. The van der Waals surface area contributed by atoms with Crippen molar-refractivity contribution < 1.29 is 19.4 Å². The highest BCUT2D eigenvalue weighted by atomic mass is 16.5. The van der Waals surface area contributed by atoms with Crippen LogP contribution in [0.3, 0.4) is 0 Å². The van der Waals surface area contributed by atoms with Gasteiger partial charge in [0.05, 0.1) is 17.0 Å². The molecule has 36 heavy (non-hydrogen) atoms. The number of carbonyl (C=O) groups excluding carboxylic acids is 2. The number of ether oxygens (including phenoxy) is 1. The number of phenols is 1. The van der Waals surface area contributed by atoms with Crippen molar-refractivity contribution in [2.24, 2.45) is 5.92 Å². The van der Waals surface area contributed by atoms with Gasteiger partial charge in [-0.05, 0) is 54.0 Å². The van der Waals surface area contributed by atoms with Crippen LogP contribution in [0.1, 0.15) is 51.8 Å². The van der Waals surface area contributed by atoms with Crippen molar-refractivity contribution in [2.45, 2.75) is 20.0 Å². The molecular weight excluding hydrogens is 448 g/mol. The number of phenolic OH excluding ortho intramolecular Hbond substituents is 1. The summed E-state index contributed by atoms with van der Waals surface area (Å²) < 4.78 is 5.98.